The molecule has 0 aliphatic heterocycles. The molecule has 1 aromatic rings. The van der Waals surface area contributed by atoms with Gasteiger partial charge < -0.3 is 15.2 Å². The smallest absolute Gasteiger partial charge is 0.256 e. The molecule has 0 bridgehead atoms. The highest BCUT2D eigenvalue weighted by Gasteiger charge is 2.30. The van der Waals surface area contributed by atoms with Gasteiger partial charge in [-0.3, -0.25) is 4.79 Å². The Bertz CT molecular complexity index is 551. The largest absolute Gasteiger partial charge is 0.395 e. The van der Waals surface area contributed by atoms with Crippen molar-refractivity contribution in [3.05, 3.63) is 29.3 Å². The molecule has 0 saturated carbocycles. The lowest BCUT2D eigenvalue weighted by molar-refractivity contribution is -0.136. The number of hydrogen-bond donors (Lipinski definition) is 2. The minimum Gasteiger partial charge on any atom is -0.395 e. The summed E-state index contributed by atoms with van der Waals surface area (Å²) in [4.78, 5) is 12.2. The number of amides is 1. The van der Waals surface area contributed by atoms with E-state index in [0.29, 0.717) is 12.8 Å². The highest BCUT2D eigenvalue weighted by Crippen LogP contribution is 2.19. The van der Waals surface area contributed by atoms with Crippen LogP contribution in [0.25, 0.3) is 0 Å². The number of aliphatic hydroxyl groups excluding tert-OH is 1. The molecule has 1 atom stereocenters. The Morgan fingerprint density at radius 2 is 2.19 bits per heavy atom. The van der Waals surface area contributed by atoms with Crippen molar-refractivity contribution in [2.45, 2.75) is 39.2 Å². The maximum atomic E-state index is 12.2. The summed E-state index contributed by atoms with van der Waals surface area (Å²) in [5, 5.41) is 11.6. The van der Waals surface area contributed by atoms with E-state index in [1.165, 1.54) is 7.11 Å². The summed E-state index contributed by atoms with van der Waals surface area (Å²) in [6.07, 6.45) is 1.06. The Kier molecular flexibility index (Phi) is 6.41. The Morgan fingerprint density at radius 1 is 1.48 bits per heavy atom. The fraction of sp³-hybridized carbons (Fsp3) is 0.471. The lowest BCUT2D eigenvalue weighted by Crippen LogP contribution is -2.41. The van der Waals surface area contributed by atoms with Crippen LogP contribution in [-0.4, -0.2) is 30.3 Å². The maximum absolute atomic E-state index is 12.2. The van der Waals surface area contributed by atoms with E-state index in [2.05, 4.69) is 17.2 Å². The van der Waals surface area contributed by atoms with E-state index in [4.69, 9.17) is 9.84 Å². The first kappa shape index (κ1) is 17.2. The zero-order valence-electron chi connectivity index (χ0n) is 13.1. The van der Waals surface area contributed by atoms with Crippen molar-refractivity contribution in [1.82, 2.24) is 0 Å². The fourth-order valence-electron chi connectivity index (χ4n) is 1.76. The van der Waals surface area contributed by atoms with Crippen molar-refractivity contribution in [2.75, 3.05) is 19.0 Å². The zero-order chi connectivity index (χ0) is 15.9. The van der Waals surface area contributed by atoms with Gasteiger partial charge in [0.25, 0.3) is 5.91 Å². The van der Waals surface area contributed by atoms with E-state index in [1.807, 2.05) is 32.0 Å². The fourth-order valence-corrected chi connectivity index (χ4v) is 1.76. The number of benzene rings is 1. The molecule has 0 radical (unpaired) electrons. The Hall–Kier alpha value is -1.83. The van der Waals surface area contributed by atoms with Gasteiger partial charge in [-0.2, -0.15) is 0 Å². The number of rotatable bonds is 5. The maximum Gasteiger partial charge on any atom is 0.256 e. The number of hydrogen-bond acceptors (Lipinski definition) is 3. The molecule has 0 heterocycles. The molecule has 1 rings (SSSR count). The van der Waals surface area contributed by atoms with Gasteiger partial charge >= 0.3 is 0 Å². The molecule has 0 aliphatic rings. The molecule has 0 aromatic heterocycles. The Balaban J connectivity index is 2.86. The molecule has 4 heteroatoms. The monoisotopic (exact) mass is 289 g/mol. The van der Waals surface area contributed by atoms with E-state index in [9.17, 15) is 4.79 Å². The van der Waals surface area contributed by atoms with Crippen molar-refractivity contribution in [2.24, 2.45) is 0 Å². The number of nitrogens with one attached hydrogen (secondary N) is 1. The molecule has 114 valence electrons. The number of anilines is 1. The SMILES string of the molecule is CCC(C)(OC)C(=O)Nc1ccc(C#CCCO)c(C)c1. The zero-order valence-corrected chi connectivity index (χ0v) is 13.1. The molecule has 0 saturated heterocycles. The van der Waals surface area contributed by atoms with Gasteiger partial charge in [0.05, 0.1) is 6.61 Å². The number of methoxy groups -OCH3 is 1. The number of ether oxygens (including phenoxy) is 1. The first-order valence-electron chi connectivity index (χ1n) is 7.03. The molecule has 4 nitrogen and oxygen atoms in total. The van der Waals surface area contributed by atoms with Crippen LogP contribution in [0.2, 0.25) is 0 Å². The van der Waals surface area contributed by atoms with Crippen LogP contribution in [0.15, 0.2) is 18.2 Å². The van der Waals surface area contributed by atoms with Gasteiger partial charge in [-0.1, -0.05) is 18.8 Å². The third-order valence-corrected chi connectivity index (χ3v) is 3.55. The van der Waals surface area contributed by atoms with Crippen LogP contribution in [0.5, 0.6) is 0 Å². The van der Waals surface area contributed by atoms with Crippen LogP contribution in [0, 0.1) is 18.8 Å². The average molecular weight is 289 g/mol. The summed E-state index contributed by atoms with van der Waals surface area (Å²) in [5.74, 6) is 5.73. The molecule has 1 unspecified atom stereocenters. The second kappa shape index (κ2) is 7.82. The molecule has 1 aromatic carbocycles. The molecule has 2 N–H and O–H groups in total. The molecule has 0 aliphatic carbocycles. The van der Waals surface area contributed by atoms with Crippen molar-refractivity contribution in [3.8, 4) is 11.8 Å². The lowest BCUT2D eigenvalue weighted by Gasteiger charge is -2.25. The van der Waals surface area contributed by atoms with Gasteiger partial charge in [-0.15, -0.1) is 0 Å². The second-order valence-corrected chi connectivity index (χ2v) is 5.05. The van der Waals surface area contributed by atoms with Gasteiger partial charge in [-0.25, -0.2) is 0 Å². The van der Waals surface area contributed by atoms with Crippen LogP contribution in [0.3, 0.4) is 0 Å². The highest BCUT2D eigenvalue weighted by atomic mass is 16.5. The highest BCUT2D eigenvalue weighted by molar-refractivity contribution is 5.97. The first-order valence-corrected chi connectivity index (χ1v) is 7.03. The Labute approximate surface area is 126 Å². The predicted molar refractivity (Wildman–Crippen MR) is 84.1 cm³/mol. The standard InChI is InChI=1S/C17H23NO3/c1-5-17(3,21-4)16(20)18-15-10-9-14(13(2)12-15)8-6-7-11-19/h9-10,12,19H,5,7,11H2,1-4H3,(H,18,20). The summed E-state index contributed by atoms with van der Waals surface area (Å²) < 4.78 is 5.28. The molecular weight excluding hydrogens is 266 g/mol. The number of aliphatic hydroxyl groups is 1. The van der Waals surface area contributed by atoms with Gasteiger partial charge in [0.2, 0.25) is 0 Å². The lowest BCUT2D eigenvalue weighted by atomic mass is 10.0. The molecule has 1 amide bonds. The first-order chi connectivity index (χ1) is 9.96. The van der Waals surface area contributed by atoms with Crippen molar-refractivity contribution < 1.29 is 14.6 Å². The van der Waals surface area contributed by atoms with Gasteiger partial charge in [-0.05, 0) is 44.0 Å². The van der Waals surface area contributed by atoms with E-state index >= 15 is 0 Å². The number of carbonyl (C=O) groups excluding carboxylic acids is 1. The van der Waals surface area contributed by atoms with Crippen LogP contribution in [0.1, 0.15) is 37.8 Å². The minimum atomic E-state index is -0.826. The van der Waals surface area contributed by atoms with Crippen LogP contribution >= 0.6 is 0 Å². The van der Waals surface area contributed by atoms with Crippen molar-refractivity contribution >= 4 is 11.6 Å². The van der Waals surface area contributed by atoms with E-state index in [1.54, 1.807) is 6.92 Å². The van der Waals surface area contributed by atoms with E-state index in [-0.39, 0.29) is 12.5 Å². The summed E-state index contributed by atoms with van der Waals surface area (Å²) in [6, 6.07) is 5.57. The van der Waals surface area contributed by atoms with Crippen LogP contribution < -0.4 is 5.32 Å². The second-order valence-electron chi connectivity index (χ2n) is 5.05. The number of aryl methyl sites for hydroxylation is 1. The molecule has 0 spiro atoms. The topological polar surface area (TPSA) is 58.6 Å². The molecule has 21 heavy (non-hydrogen) atoms. The minimum absolute atomic E-state index is 0.0623. The summed E-state index contributed by atoms with van der Waals surface area (Å²) >= 11 is 0. The van der Waals surface area contributed by atoms with Crippen LogP contribution in [-0.2, 0) is 9.53 Å². The Morgan fingerprint density at radius 3 is 2.71 bits per heavy atom. The quantitative estimate of drug-likeness (QED) is 0.819. The van der Waals surface area contributed by atoms with E-state index < -0.39 is 5.60 Å². The molecular formula is C17H23NO3. The van der Waals surface area contributed by atoms with Crippen molar-refractivity contribution in [1.29, 1.82) is 0 Å². The predicted octanol–water partition coefficient (Wildman–Crippen LogP) is 2.48. The number of carbonyl (C=O) groups is 1. The normalized spacial score (nSPS) is 13.0. The average Bonchev–Trinajstić information content (AvgIpc) is 2.48. The summed E-state index contributed by atoms with van der Waals surface area (Å²) in [6.45, 7) is 5.68. The third kappa shape index (κ3) is 4.59. The third-order valence-electron chi connectivity index (χ3n) is 3.55. The summed E-state index contributed by atoms with van der Waals surface area (Å²) in [7, 11) is 1.54. The molecule has 0 fully saturated rings. The van der Waals surface area contributed by atoms with Gasteiger partial charge in [0.15, 0.2) is 0 Å². The van der Waals surface area contributed by atoms with E-state index in [0.717, 1.165) is 16.8 Å². The van der Waals surface area contributed by atoms with Crippen molar-refractivity contribution in [3.63, 3.8) is 0 Å². The summed E-state index contributed by atoms with van der Waals surface area (Å²) in [5.41, 5.74) is 1.77. The van der Waals surface area contributed by atoms with Gasteiger partial charge in [0.1, 0.15) is 5.60 Å². The van der Waals surface area contributed by atoms with Gasteiger partial charge in [0, 0.05) is 24.8 Å². The van der Waals surface area contributed by atoms with Crippen LogP contribution in [0.4, 0.5) is 5.69 Å².